The number of aliphatic imine (C=N–C) groups is 1. The molecule has 0 spiro atoms. The Morgan fingerprint density at radius 2 is 2.07 bits per heavy atom. The molecule has 0 unspecified atom stereocenters. The molecule has 5 nitrogen and oxygen atoms in total. The highest BCUT2D eigenvalue weighted by atomic mass is 79.9. The van der Waals surface area contributed by atoms with E-state index in [1.807, 2.05) is 0 Å². The zero-order valence-electron chi connectivity index (χ0n) is 16.9. The summed E-state index contributed by atoms with van der Waals surface area (Å²) in [6, 6.07) is 5.11. The standard InChI is InChI=1S/C19H26BrFN4O.C2H2/c1-5-25(9-8-13(2)3)12-26-19(22-4)24-18-10-14-15(11-23-18)16(20)6-7-17(14)21;1-2/h6-7,10-11,13H,5,8-9,12H2,1-4H3,(H,22,23,24);1-2H. The van der Waals surface area contributed by atoms with Crippen LogP contribution in [0.1, 0.15) is 27.2 Å². The molecule has 0 amide bonds. The van der Waals surface area contributed by atoms with E-state index in [0.29, 0.717) is 29.9 Å². The molecule has 1 heterocycles. The number of aromatic nitrogens is 1. The van der Waals surface area contributed by atoms with E-state index in [9.17, 15) is 4.39 Å². The minimum atomic E-state index is -0.296. The summed E-state index contributed by atoms with van der Waals surface area (Å²) in [5.41, 5.74) is 0. The van der Waals surface area contributed by atoms with Gasteiger partial charge in [-0.1, -0.05) is 36.7 Å². The molecule has 0 aliphatic heterocycles. The molecule has 0 aliphatic carbocycles. The van der Waals surface area contributed by atoms with Crippen LogP contribution in [0.4, 0.5) is 10.2 Å². The fourth-order valence-corrected chi connectivity index (χ4v) is 2.86. The van der Waals surface area contributed by atoms with Gasteiger partial charge < -0.3 is 4.74 Å². The molecule has 0 saturated heterocycles. The third-order valence-corrected chi connectivity index (χ3v) is 4.78. The van der Waals surface area contributed by atoms with Gasteiger partial charge in [-0.3, -0.25) is 10.2 Å². The van der Waals surface area contributed by atoms with Gasteiger partial charge >= 0.3 is 0 Å². The summed E-state index contributed by atoms with van der Waals surface area (Å²) in [5, 5.41) is 4.23. The number of benzene rings is 1. The summed E-state index contributed by atoms with van der Waals surface area (Å²) in [6.07, 6.45) is 10.7. The Morgan fingerprint density at radius 3 is 2.68 bits per heavy atom. The van der Waals surface area contributed by atoms with E-state index in [-0.39, 0.29) is 5.82 Å². The lowest BCUT2D eigenvalue weighted by Crippen LogP contribution is -2.31. The zero-order chi connectivity index (χ0) is 21.1. The lowest BCUT2D eigenvalue weighted by molar-refractivity contribution is 0.117. The van der Waals surface area contributed by atoms with Gasteiger partial charge in [-0.15, -0.1) is 12.8 Å². The van der Waals surface area contributed by atoms with E-state index < -0.39 is 0 Å². The summed E-state index contributed by atoms with van der Waals surface area (Å²) < 4.78 is 20.6. The van der Waals surface area contributed by atoms with Crippen LogP contribution in [0.3, 0.4) is 0 Å². The average Bonchev–Trinajstić information content (AvgIpc) is 2.71. The fraction of sp³-hybridized carbons (Fsp3) is 0.429. The van der Waals surface area contributed by atoms with Gasteiger partial charge in [0.15, 0.2) is 0 Å². The zero-order valence-corrected chi connectivity index (χ0v) is 18.5. The topological polar surface area (TPSA) is 49.8 Å². The highest BCUT2D eigenvalue weighted by Crippen LogP contribution is 2.27. The highest BCUT2D eigenvalue weighted by Gasteiger charge is 2.10. The molecule has 0 bridgehead atoms. The van der Waals surface area contributed by atoms with E-state index in [1.165, 1.54) is 6.07 Å². The average molecular weight is 451 g/mol. The molecule has 0 atom stereocenters. The molecule has 0 radical (unpaired) electrons. The first kappa shape index (κ1) is 23.9. The van der Waals surface area contributed by atoms with E-state index in [0.717, 1.165) is 29.4 Å². The largest absolute Gasteiger partial charge is 0.449 e. The summed E-state index contributed by atoms with van der Waals surface area (Å²) in [7, 11) is 1.64. The fourth-order valence-electron chi connectivity index (χ4n) is 2.41. The first-order valence-electron chi connectivity index (χ1n) is 9.10. The number of hydrogen-bond donors (Lipinski definition) is 1. The van der Waals surface area contributed by atoms with Crippen molar-refractivity contribution in [3.8, 4) is 12.8 Å². The molecule has 1 aromatic heterocycles. The predicted octanol–water partition coefficient (Wildman–Crippen LogP) is 5.13. The highest BCUT2D eigenvalue weighted by molar-refractivity contribution is 9.10. The van der Waals surface area contributed by atoms with Gasteiger partial charge in [-0.25, -0.2) is 14.4 Å². The summed E-state index contributed by atoms with van der Waals surface area (Å²) in [5.74, 6) is 0.841. The Kier molecular flexibility index (Phi) is 10.5. The molecular formula is C21H28BrFN4O. The number of nitrogens with one attached hydrogen (secondary N) is 1. The molecule has 0 fully saturated rings. The van der Waals surface area contributed by atoms with Crippen LogP contribution in [-0.4, -0.2) is 42.8 Å². The number of amidine groups is 1. The molecule has 7 heteroatoms. The first-order chi connectivity index (χ1) is 13.4. The molecule has 28 heavy (non-hydrogen) atoms. The van der Waals surface area contributed by atoms with Crippen molar-refractivity contribution in [2.45, 2.75) is 27.2 Å². The quantitative estimate of drug-likeness (QED) is 0.275. The van der Waals surface area contributed by atoms with Gasteiger partial charge in [-0.2, -0.15) is 0 Å². The Bertz CT molecular complexity index is 808. The van der Waals surface area contributed by atoms with Gasteiger partial charge in [-0.05, 0) is 37.1 Å². The number of rotatable bonds is 7. The molecule has 1 aromatic carbocycles. The Balaban J connectivity index is 0.00000190. The van der Waals surface area contributed by atoms with Crippen LogP contribution in [0.5, 0.6) is 0 Å². The van der Waals surface area contributed by atoms with Crippen molar-refractivity contribution in [3.63, 3.8) is 0 Å². The number of ether oxygens (including phenoxy) is 1. The van der Waals surface area contributed by atoms with Crippen LogP contribution in [0.25, 0.3) is 10.8 Å². The van der Waals surface area contributed by atoms with Gasteiger partial charge in [0.05, 0.1) is 0 Å². The lowest BCUT2D eigenvalue weighted by atomic mass is 10.1. The van der Waals surface area contributed by atoms with Crippen molar-refractivity contribution in [2.75, 3.05) is 32.2 Å². The maximum absolute atomic E-state index is 14.1. The molecule has 0 aliphatic rings. The third-order valence-electron chi connectivity index (χ3n) is 4.09. The molecule has 1 N–H and O–H groups in total. The van der Waals surface area contributed by atoms with Gasteiger partial charge in [0.2, 0.25) is 0 Å². The van der Waals surface area contributed by atoms with Crippen molar-refractivity contribution in [2.24, 2.45) is 10.9 Å². The van der Waals surface area contributed by atoms with Crippen LogP contribution >= 0.6 is 15.9 Å². The Morgan fingerprint density at radius 1 is 1.36 bits per heavy atom. The van der Waals surface area contributed by atoms with Crippen LogP contribution in [0.2, 0.25) is 0 Å². The first-order valence-corrected chi connectivity index (χ1v) is 9.90. The van der Waals surface area contributed by atoms with Crippen molar-refractivity contribution in [3.05, 3.63) is 34.7 Å². The minimum Gasteiger partial charge on any atom is -0.449 e. The maximum atomic E-state index is 14.1. The second-order valence-electron chi connectivity index (χ2n) is 6.46. The van der Waals surface area contributed by atoms with Gasteiger partial charge in [0.25, 0.3) is 6.02 Å². The number of halogens is 2. The Hall–Kier alpha value is -2.17. The second kappa shape index (κ2) is 12.3. The van der Waals surface area contributed by atoms with Crippen molar-refractivity contribution in [1.82, 2.24) is 9.88 Å². The normalized spacial score (nSPS) is 11.4. The number of fused-ring (bicyclic) bond motifs is 1. The number of hydrogen-bond acceptors (Lipinski definition) is 4. The predicted molar refractivity (Wildman–Crippen MR) is 119 cm³/mol. The summed E-state index contributed by atoms with van der Waals surface area (Å²) >= 11 is 3.41. The Labute approximate surface area is 175 Å². The number of terminal acetylenes is 1. The smallest absolute Gasteiger partial charge is 0.291 e. The SMILES string of the molecule is C#C.CCN(CCC(C)C)COC(=NC)Nc1cc2c(F)ccc(Br)c2cn1. The second-order valence-corrected chi connectivity index (χ2v) is 7.32. The summed E-state index contributed by atoms with van der Waals surface area (Å²) in [6.45, 7) is 8.83. The monoisotopic (exact) mass is 450 g/mol. The molecule has 2 rings (SSSR count). The molecular weight excluding hydrogens is 423 g/mol. The van der Waals surface area contributed by atoms with Crippen LogP contribution < -0.4 is 5.32 Å². The number of anilines is 1. The van der Waals surface area contributed by atoms with Crippen molar-refractivity contribution >= 4 is 38.5 Å². The number of pyridine rings is 1. The third kappa shape index (κ3) is 7.10. The lowest BCUT2D eigenvalue weighted by Gasteiger charge is -2.22. The van der Waals surface area contributed by atoms with Gasteiger partial charge in [0, 0.05) is 35.0 Å². The molecule has 0 saturated carbocycles. The van der Waals surface area contributed by atoms with Crippen LogP contribution in [0.15, 0.2) is 33.9 Å². The van der Waals surface area contributed by atoms with Gasteiger partial charge in [0.1, 0.15) is 18.4 Å². The van der Waals surface area contributed by atoms with E-state index >= 15 is 0 Å². The van der Waals surface area contributed by atoms with Crippen LogP contribution in [0, 0.1) is 24.6 Å². The molecule has 152 valence electrons. The van der Waals surface area contributed by atoms with E-state index in [4.69, 9.17) is 4.74 Å². The van der Waals surface area contributed by atoms with Crippen molar-refractivity contribution < 1.29 is 9.13 Å². The van der Waals surface area contributed by atoms with Crippen LogP contribution in [-0.2, 0) is 4.74 Å². The molecule has 2 aromatic rings. The minimum absolute atomic E-state index is 0.296. The summed E-state index contributed by atoms with van der Waals surface area (Å²) in [4.78, 5) is 10.6. The van der Waals surface area contributed by atoms with E-state index in [1.54, 1.807) is 25.4 Å². The van der Waals surface area contributed by atoms with Crippen molar-refractivity contribution in [1.29, 1.82) is 0 Å². The van der Waals surface area contributed by atoms with E-state index in [2.05, 4.69) is 69.7 Å². The maximum Gasteiger partial charge on any atom is 0.291 e. The number of nitrogens with zero attached hydrogens (tertiary/aromatic N) is 3.